The molecule has 0 N–H and O–H groups in total. The first kappa shape index (κ1) is 17.2. The standard InChI is InChI=1S/C17H17ClO5/c1-9-8-12(19)15(17(21)23-3)14(13(9)16(20)22-2)10-6-4-5-7-11(10)18/h4-8,13-15H,1-3H3. The van der Waals surface area contributed by atoms with Crippen LogP contribution >= 0.6 is 11.6 Å². The van der Waals surface area contributed by atoms with E-state index in [4.69, 9.17) is 21.1 Å². The Balaban J connectivity index is 2.67. The van der Waals surface area contributed by atoms with Gasteiger partial charge in [0.05, 0.1) is 20.1 Å². The number of halogens is 1. The molecule has 0 heterocycles. The van der Waals surface area contributed by atoms with Crippen LogP contribution in [0.3, 0.4) is 0 Å². The van der Waals surface area contributed by atoms with E-state index in [-0.39, 0.29) is 0 Å². The Kier molecular flexibility index (Phi) is 5.21. The van der Waals surface area contributed by atoms with Gasteiger partial charge in [-0.05, 0) is 24.6 Å². The molecule has 3 unspecified atom stereocenters. The summed E-state index contributed by atoms with van der Waals surface area (Å²) in [4.78, 5) is 36.8. The lowest BCUT2D eigenvalue weighted by molar-refractivity contribution is -0.152. The number of hydrogen-bond donors (Lipinski definition) is 0. The van der Waals surface area contributed by atoms with Gasteiger partial charge in [-0.2, -0.15) is 0 Å². The van der Waals surface area contributed by atoms with Crippen molar-refractivity contribution in [2.24, 2.45) is 11.8 Å². The molecule has 0 saturated carbocycles. The highest BCUT2D eigenvalue weighted by molar-refractivity contribution is 6.31. The zero-order valence-corrected chi connectivity index (χ0v) is 13.8. The van der Waals surface area contributed by atoms with E-state index in [0.29, 0.717) is 16.2 Å². The Hall–Kier alpha value is -2.14. The molecule has 1 aliphatic rings. The summed E-state index contributed by atoms with van der Waals surface area (Å²) in [7, 11) is 2.47. The first-order valence-electron chi connectivity index (χ1n) is 7.04. The van der Waals surface area contributed by atoms with Gasteiger partial charge in [-0.25, -0.2) is 0 Å². The molecular weight excluding hydrogens is 320 g/mol. The monoisotopic (exact) mass is 336 g/mol. The molecule has 0 radical (unpaired) electrons. The molecule has 0 bridgehead atoms. The van der Waals surface area contributed by atoms with Crippen LogP contribution in [0.25, 0.3) is 0 Å². The third-order valence-corrected chi connectivity index (χ3v) is 4.40. The van der Waals surface area contributed by atoms with Crippen LogP contribution in [0, 0.1) is 11.8 Å². The summed E-state index contributed by atoms with van der Waals surface area (Å²) >= 11 is 6.24. The van der Waals surface area contributed by atoms with Gasteiger partial charge in [-0.15, -0.1) is 0 Å². The lowest BCUT2D eigenvalue weighted by Gasteiger charge is -2.34. The summed E-state index contributed by atoms with van der Waals surface area (Å²) in [6.07, 6.45) is 1.30. The molecule has 23 heavy (non-hydrogen) atoms. The van der Waals surface area contributed by atoms with Gasteiger partial charge in [0, 0.05) is 10.9 Å². The highest BCUT2D eigenvalue weighted by Crippen LogP contribution is 2.44. The number of methoxy groups -OCH3 is 2. The van der Waals surface area contributed by atoms with Crippen LogP contribution < -0.4 is 0 Å². The second-order valence-electron chi connectivity index (χ2n) is 5.34. The topological polar surface area (TPSA) is 69.7 Å². The van der Waals surface area contributed by atoms with E-state index in [1.807, 2.05) is 0 Å². The Labute approximate surface area is 139 Å². The fourth-order valence-corrected chi connectivity index (χ4v) is 3.27. The van der Waals surface area contributed by atoms with Crippen LogP contribution in [0.2, 0.25) is 5.02 Å². The molecule has 0 aromatic heterocycles. The van der Waals surface area contributed by atoms with Crippen molar-refractivity contribution in [3.63, 3.8) is 0 Å². The summed E-state index contributed by atoms with van der Waals surface area (Å²) in [5, 5.41) is 0.378. The van der Waals surface area contributed by atoms with E-state index in [0.717, 1.165) is 0 Å². The minimum absolute atomic E-state index is 0.378. The Morgan fingerprint density at radius 1 is 1.04 bits per heavy atom. The number of hydrogen-bond acceptors (Lipinski definition) is 5. The summed E-state index contributed by atoms with van der Waals surface area (Å²) in [6, 6.07) is 6.82. The van der Waals surface area contributed by atoms with E-state index in [2.05, 4.69) is 0 Å². The van der Waals surface area contributed by atoms with E-state index >= 15 is 0 Å². The number of carbonyl (C=O) groups is 3. The maximum atomic E-state index is 12.4. The van der Waals surface area contributed by atoms with E-state index in [9.17, 15) is 14.4 Å². The normalized spacial score (nSPS) is 23.9. The molecule has 0 fully saturated rings. The summed E-state index contributed by atoms with van der Waals surface area (Å²) in [5.74, 6) is -4.29. The Morgan fingerprint density at radius 2 is 1.61 bits per heavy atom. The van der Waals surface area contributed by atoms with Crippen LogP contribution in [0.15, 0.2) is 35.9 Å². The quantitative estimate of drug-likeness (QED) is 0.626. The Bertz CT molecular complexity index is 679. The van der Waals surface area contributed by atoms with Gasteiger partial charge in [0.15, 0.2) is 5.78 Å². The van der Waals surface area contributed by atoms with Gasteiger partial charge in [0.2, 0.25) is 0 Å². The molecule has 0 amide bonds. The molecule has 0 saturated heterocycles. The van der Waals surface area contributed by atoms with Crippen LogP contribution in [0.4, 0.5) is 0 Å². The number of ketones is 1. The van der Waals surface area contributed by atoms with E-state index in [1.54, 1.807) is 31.2 Å². The molecule has 122 valence electrons. The fourth-order valence-electron chi connectivity index (χ4n) is 3.01. The number of ether oxygens (including phenoxy) is 2. The van der Waals surface area contributed by atoms with Crippen LogP contribution in [0.1, 0.15) is 18.4 Å². The zero-order chi connectivity index (χ0) is 17.1. The SMILES string of the molecule is COC(=O)C1C(=O)C=C(C)C(C(=O)OC)C1c1ccccc1Cl. The zero-order valence-electron chi connectivity index (χ0n) is 13.0. The number of benzene rings is 1. The predicted octanol–water partition coefficient (Wildman–Crippen LogP) is 2.53. The average molecular weight is 337 g/mol. The van der Waals surface area contributed by atoms with Crippen molar-refractivity contribution in [1.29, 1.82) is 0 Å². The van der Waals surface area contributed by atoms with Gasteiger partial charge >= 0.3 is 11.9 Å². The summed E-state index contributed by atoms with van der Waals surface area (Å²) in [6.45, 7) is 1.66. The molecule has 1 aromatic rings. The van der Waals surface area contributed by atoms with Crippen LogP contribution in [-0.2, 0) is 23.9 Å². The lowest BCUT2D eigenvalue weighted by Crippen LogP contribution is -2.41. The molecule has 0 spiro atoms. The van der Waals surface area contributed by atoms with Crippen molar-refractivity contribution in [3.05, 3.63) is 46.5 Å². The van der Waals surface area contributed by atoms with Crippen molar-refractivity contribution < 1.29 is 23.9 Å². The Morgan fingerprint density at radius 3 is 2.17 bits per heavy atom. The average Bonchev–Trinajstić information content (AvgIpc) is 2.53. The van der Waals surface area contributed by atoms with Crippen molar-refractivity contribution in [3.8, 4) is 0 Å². The summed E-state index contributed by atoms with van der Waals surface area (Å²) in [5.41, 5.74) is 1.08. The number of rotatable bonds is 3. The van der Waals surface area contributed by atoms with Crippen molar-refractivity contribution in [2.45, 2.75) is 12.8 Å². The fraction of sp³-hybridized carbons (Fsp3) is 0.353. The van der Waals surface area contributed by atoms with E-state index < -0.39 is 35.5 Å². The molecule has 1 aromatic carbocycles. The molecule has 5 nitrogen and oxygen atoms in total. The number of esters is 2. The highest BCUT2D eigenvalue weighted by Gasteiger charge is 2.48. The van der Waals surface area contributed by atoms with Gasteiger partial charge in [0.1, 0.15) is 5.92 Å². The number of carbonyl (C=O) groups excluding carboxylic acids is 3. The van der Waals surface area contributed by atoms with E-state index in [1.165, 1.54) is 20.3 Å². The summed E-state index contributed by atoms with van der Waals surface area (Å²) < 4.78 is 9.63. The minimum Gasteiger partial charge on any atom is -0.469 e. The molecule has 1 aliphatic carbocycles. The van der Waals surface area contributed by atoms with Gasteiger partial charge in [0.25, 0.3) is 0 Å². The van der Waals surface area contributed by atoms with Crippen LogP contribution in [0.5, 0.6) is 0 Å². The highest BCUT2D eigenvalue weighted by atomic mass is 35.5. The smallest absolute Gasteiger partial charge is 0.317 e. The maximum absolute atomic E-state index is 12.4. The van der Waals surface area contributed by atoms with Gasteiger partial charge < -0.3 is 9.47 Å². The second-order valence-corrected chi connectivity index (χ2v) is 5.75. The third-order valence-electron chi connectivity index (χ3n) is 4.06. The lowest BCUT2D eigenvalue weighted by atomic mass is 9.68. The minimum atomic E-state index is -1.13. The van der Waals surface area contributed by atoms with Crippen molar-refractivity contribution >= 4 is 29.3 Å². The molecule has 2 rings (SSSR count). The largest absolute Gasteiger partial charge is 0.469 e. The van der Waals surface area contributed by atoms with Crippen molar-refractivity contribution in [2.75, 3.05) is 14.2 Å². The van der Waals surface area contributed by atoms with Crippen molar-refractivity contribution in [1.82, 2.24) is 0 Å². The molecule has 0 aliphatic heterocycles. The first-order valence-corrected chi connectivity index (χ1v) is 7.42. The molecular formula is C17H17ClO5. The predicted molar refractivity (Wildman–Crippen MR) is 84.0 cm³/mol. The number of allylic oxidation sites excluding steroid dienone is 1. The second kappa shape index (κ2) is 6.96. The molecule has 3 atom stereocenters. The maximum Gasteiger partial charge on any atom is 0.317 e. The van der Waals surface area contributed by atoms with Gasteiger partial charge in [-0.3, -0.25) is 14.4 Å². The third kappa shape index (κ3) is 3.15. The van der Waals surface area contributed by atoms with Crippen LogP contribution in [-0.4, -0.2) is 31.9 Å². The molecule has 6 heteroatoms. The van der Waals surface area contributed by atoms with Gasteiger partial charge in [-0.1, -0.05) is 35.4 Å². The first-order chi connectivity index (χ1) is 10.9.